The molecule has 0 saturated heterocycles. The van der Waals surface area contributed by atoms with Gasteiger partial charge in [-0.2, -0.15) is 0 Å². The monoisotopic (exact) mass is 488 g/mol. The third-order valence-corrected chi connectivity index (χ3v) is 8.27. The highest BCUT2D eigenvalue weighted by Crippen LogP contribution is 2.57. The Morgan fingerprint density at radius 1 is 0.893 bits per heavy atom. The summed E-state index contributed by atoms with van der Waals surface area (Å²) in [4.78, 5) is 0. The summed E-state index contributed by atoms with van der Waals surface area (Å²) in [6.07, 6.45) is 9.40. The molecule has 1 aliphatic carbocycles. The second-order valence-electron chi connectivity index (χ2n) is 8.98. The van der Waals surface area contributed by atoms with Crippen LogP contribution in [0, 0.1) is 11.8 Å². The maximum absolute atomic E-state index is 2.75. The van der Waals surface area contributed by atoms with Gasteiger partial charge in [0.15, 0.2) is 0 Å². The molecule has 0 aromatic heterocycles. The van der Waals surface area contributed by atoms with Crippen LogP contribution in [0.15, 0.2) is 60.7 Å². The molecule has 1 saturated carbocycles. The molecular formula is C27H37I. The van der Waals surface area contributed by atoms with Crippen LogP contribution in [0.25, 0.3) is 0 Å². The summed E-state index contributed by atoms with van der Waals surface area (Å²) < 4.78 is 0.769. The van der Waals surface area contributed by atoms with Gasteiger partial charge in [-0.15, -0.1) is 0 Å². The van der Waals surface area contributed by atoms with E-state index in [4.69, 9.17) is 0 Å². The van der Waals surface area contributed by atoms with E-state index < -0.39 is 0 Å². The molecule has 0 aliphatic heterocycles. The Balaban J connectivity index is 2.09. The Kier molecular flexibility index (Phi) is 8.02. The van der Waals surface area contributed by atoms with Crippen LogP contribution < -0.4 is 0 Å². The van der Waals surface area contributed by atoms with Crippen LogP contribution in [-0.4, -0.2) is 3.92 Å². The molecule has 0 spiro atoms. The standard InChI is InChI=1S/C27H37I/c1-4-6-14-21(13-5-2)25-19-24(28)20-26(22-15-9-7-10-16-22)27(25,3)23-17-11-8-12-18-23/h7-12,15-18,21,24-26H,4-6,13-14,19-20H2,1-3H3. The van der Waals surface area contributed by atoms with Gasteiger partial charge in [0.05, 0.1) is 0 Å². The topological polar surface area (TPSA) is 0 Å². The first-order valence-electron chi connectivity index (χ1n) is 11.4. The van der Waals surface area contributed by atoms with Crippen molar-refractivity contribution in [1.82, 2.24) is 0 Å². The molecule has 0 nitrogen and oxygen atoms in total. The van der Waals surface area contributed by atoms with Crippen LogP contribution in [-0.2, 0) is 5.41 Å². The molecular weight excluding hydrogens is 451 g/mol. The lowest BCUT2D eigenvalue weighted by Gasteiger charge is -2.53. The Morgan fingerprint density at radius 3 is 2.14 bits per heavy atom. The molecule has 1 heteroatoms. The second kappa shape index (κ2) is 10.3. The fourth-order valence-electron chi connectivity index (χ4n) is 5.82. The third-order valence-electron chi connectivity index (χ3n) is 7.25. The van der Waals surface area contributed by atoms with Crippen molar-refractivity contribution < 1.29 is 0 Å². The van der Waals surface area contributed by atoms with Gasteiger partial charge < -0.3 is 0 Å². The summed E-state index contributed by atoms with van der Waals surface area (Å²) in [7, 11) is 0. The molecule has 5 unspecified atom stereocenters. The van der Waals surface area contributed by atoms with Crippen molar-refractivity contribution in [2.75, 3.05) is 0 Å². The molecule has 2 aromatic carbocycles. The van der Waals surface area contributed by atoms with E-state index in [1.54, 1.807) is 5.56 Å². The largest absolute Gasteiger partial charge is 0.0826 e. The SMILES string of the molecule is CCCCC(CCC)C1CC(I)CC(c2ccccc2)C1(C)c1ccccc1. The van der Waals surface area contributed by atoms with Gasteiger partial charge in [-0.1, -0.05) is 136 Å². The van der Waals surface area contributed by atoms with E-state index in [9.17, 15) is 0 Å². The van der Waals surface area contributed by atoms with E-state index in [1.165, 1.54) is 50.5 Å². The van der Waals surface area contributed by atoms with Crippen molar-refractivity contribution in [2.24, 2.45) is 11.8 Å². The van der Waals surface area contributed by atoms with E-state index in [0.717, 1.165) is 15.8 Å². The van der Waals surface area contributed by atoms with Crippen LogP contribution in [0.2, 0.25) is 0 Å². The lowest BCUT2D eigenvalue weighted by atomic mass is 9.52. The van der Waals surface area contributed by atoms with Crippen LogP contribution >= 0.6 is 22.6 Å². The number of hydrogen-bond acceptors (Lipinski definition) is 0. The van der Waals surface area contributed by atoms with Crippen molar-refractivity contribution >= 4 is 22.6 Å². The number of rotatable bonds is 8. The van der Waals surface area contributed by atoms with Crippen LogP contribution in [0.5, 0.6) is 0 Å². The first-order valence-corrected chi connectivity index (χ1v) is 12.6. The Bertz CT molecular complexity index is 695. The molecule has 5 atom stereocenters. The van der Waals surface area contributed by atoms with Gasteiger partial charge in [-0.3, -0.25) is 0 Å². The van der Waals surface area contributed by atoms with Gasteiger partial charge in [0, 0.05) is 9.34 Å². The quantitative estimate of drug-likeness (QED) is 0.258. The molecule has 0 amide bonds. The lowest BCUT2D eigenvalue weighted by Crippen LogP contribution is -2.47. The number of unbranched alkanes of at least 4 members (excludes halogenated alkanes) is 1. The summed E-state index contributed by atoms with van der Waals surface area (Å²) in [6, 6.07) is 22.8. The van der Waals surface area contributed by atoms with E-state index in [1.807, 2.05) is 0 Å². The maximum Gasteiger partial charge on any atom is 0.0119 e. The normalized spacial score (nSPS) is 28.8. The summed E-state index contributed by atoms with van der Waals surface area (Å²) in [5.41, 5.74) is 3.29. The summed E-state index contributed by atoms with van der Waals surface area (Å²) >= 11 is 2.75. The first-order chi connectivity index (χ1) is 13.6. The van der Waals surface area contributed by atoms with E-state index >= 15 is 0 Å². The van der Waals surface area contributed by atoms with Crippen molar-refractivity contribution in [3.63, 3.8) is 0 Å². The van der Waals surface area contributed by atoms with Crippen LogP contribution in [0.1, 0.15) is 82.8 Å². The molecule has 1 aliphatic rings. The van der Waals surface area contributed by atoms with Gasteiger partial charge in [0.1, 0.15) is 0 Å². The minimum absolute atomic E-state index is 0.206. The predicted octanol–water partition coefficient (Wildman–Crippen LogP) is 8.55. The van der Waals surface area contributed by atoms with E-state index in [0.29, 0.717) is 5.92 Å². The highest BCUT2D eigenvalue weighted by atomic mass is 127. The van der Waals surface area contributed by atoms with Gasteiger partial charge >= 0.3 is 0 Å². The molecule has 3 rings (SSSR count). The summed E-state index contributed by atoms with van der Waals surface area (Å²) in [6.45, 7) is 7.31. The second-order valence-corrected chi connectivity index (χ2v) is 10.7. The average molecular weight is 488 g/mol. The van der Waals surface area contributed by atoms with Gasteiger partial charge in [0.25, 0.3) is 0 Å². The highest BCUT2D eigenvalue weighted by Gasteiger charge is 2.50. The van der Waals surface area contributed by atoms with Crippen molar-refractivity contribution in [1.29, 1.82) is 0 Å². The zero-order valence-corrected chi connectivity index (χ0v) is 20.1. The molecule has 0 bridgehead atoms. The van der Waals surface area contributed by atoms with E-state index in [2.05, 4.69) is 104 Å². The zero-order chi connectivity index (χ0) is 20.0. The average Bonchev–Trinajstić information content (AvgIpc) is 2.74. The number of benzene rings is 2. The first kappa shape index (κ1) is 21.9. The summed E-state index contributed by atoms with van der Waals surface area (Å²) in [5, 5.41) is 0. The summed E-state index contributed by atoms with van der Waals surface area (Å²) in [5.74, 6) is 2.18. The van der Waals surface area contributed by atoms with Crippen LogP contribution in [0.4, 0.5) is 0 Å². The molecule has 0 N–H and O–H groups in total. The molecule has 1 fully saturated rings. The lowest BCUT2D eigenvalue weighted by molar-refractivity contribution is 0.103. The Morgan fingerprint density at radius 2 is 1.54 bits per heavy atom. The smallest absolute Gasteiger partial charge is 0.0119 e. The van der Waals surface area contributed by atoms with Crippen molar-refractivity contribution in [3.05, 3.63) is 71.8 Å². The van der Waals surface area contributed by atoms with Crippen LogP contribution in [0.3, 0.4) is 0 Å². The van der Waals surface area contributed by atoms with Crippen molar-refractivity contribution in [2.45, 2.75) is 81.0 Å². The molecule has 152 valence electrons. The van der Waals surface area contributed by atoms with Gasteiger partial charge in [-0.25, -0.2) is 0 Å². The molecule has 0 radical (unpaired) electrons. The molecule has 0 heterocycles. The number of alkyl halides is 1. The highest BCUT2D eigenvalue weighted by molar-refractivity contribution is 14.1. The van der Waals surface area contributed by atoms with Crippen molar-refractivity contribution in [3.8, 4) is 0 Å². The molecule has 28 heavy (non-hydrogen) atoms. The minimum Gasteiger partial charge on any atom is -0.0826 e. The van der Waals surface area contributed by atoms with Gasteiger partial charge in [-0.05, 0) is 41.7 Å². The maximum atomic E-state index is 2.75. The fourth-order valence-corrected chi connectivity index (χ4v) is 6.88. The van der Waals surface area contributed by atoms with E-state index in [-0.39, 0.29) is 5.41 Å². The fraction of sp³-hybridized carbons (Fsp3) is 0.556. The minimum atomic E-state index is 0.206. The third kappa shape index (κ3) is 4.66. The van der Waals surface area contributed by atoms with Gasteiger partial charge in [0.2, 0.25) is 0 Å². The number of halogens is 1. The Hall–Kier alpha value is -0.830. The predicted molar refractivity (Wildman–Crippen MR) is 131 cm³/mol. The Labute approximate surface area is 186 Å². The number of hydrogen-bond donors (Lipinski definition) is 0. The molecule has 2 aromatic rings. The zero-order valence-electron chi connectivity index (χ0n) is 17.9.